The largest absolute Gasteiger partial charge is 0.393 e. The van der Waals surface area contributed by atoms with Crippen molar-refractivity contribution in [1.29, 1.82) is 0 Å². The van der Waals surface area contributed by atoms with Crippen LogP contribution in [0.1, 0.15) is 42.0 Å². The van der Waals surface area contributed by atoms with Crippen molar-refractivity contribution in [3.63, 3.8) is 0 Å². The maximum atomic E-state index is 10.3. The zero-order valence-corrected chi connectivity index (χ0v) is 16.6. The van der Waals surface area contributed by atoms with Crippen LogP contribution in [0.2, 0.25) is 5.02 Å². The molecule has 144 valence electrons. The highest BCUT2D eigenvalue weighted by Crippen LogP contribution is 2.46. The first kappa shape index (κ1) is 18.1. The van der Waals surface area contributed by atoms with Gasteiger partial charge < -0.3 is 14.6 Å². The molecule has 3 nitrogen and oxygen atoms in total. The normalized spacial score (nSPS) is 26.7. The molecule has 1 fully saturated rings. The van der Waals surface area contributed by atoms with Crippen LogP contribution in [0.5, 0.6) is 0 Å². The lowest BCUT2D eigenvalue weighted by molar-refractivity contribution is -0.295. The van der Waals surface area contributed by atoms with Gasteiger partial charge in [-0.15, -0.1) is 0 Å². The molecule has 1 saturated heterocycles. The van der Waals surface area contributed by atoms with Crippen LogP contribution in [0, 0.1) is 0 Å². The highest BCUT2D eigenvalue weighted by molar-refractivity contribution is 6.31. The molecule has 28 heavy (non-hydrogen) atoms. The summed E-state index contributed by atoms with van der Waals surface area (Å²) in [4.78, 5) is 0. The number of rotatable bonds is 2. The molecule has 0 aromatic heterocycles. The smallest absolute Gasteiger partial charge is 0.198 e. The molecule has 0 aliphatic carbocycles. The first-order chi connectivity index (χ1) is 13.5. The zero-order chi connectivity index (χ0) is 19.3. The molecule has 1 spiro atoms. The van der Waals surface area contributed by atoms with Gasteiger partial charge in [0.2, 0.25) is 0 Å². The van der Waals surface area contributed by atoms with Crippen molar-refractivity contribution >= 4 is 22.4 Å². The van der Waals surface area contributed by atoms with Gasteiger partial charge in [0.1, 0.15) is 0 Å². The van der Waals surface area contributed by atoms with Crippen LogP contribution in [0.4, 0.5) is 0 Å². The van der Waals surface area contributed by atoms with Crippen LogP contribution in [-0.4, -0.2) is 17.3 Å². The fourth-order valence-corrected chi connectivity index (χ4v) is 4.83. The van der Waals surface area contributed by atoms with Gasteiger partial charge in [0, 0.05) is 17.0 Å². The summed E-state index contributed by atoms with van der Waals surface area (Å²) >= 11 is 6.61. The van der Waals surface area contributed by atoms with E-state index in [1.165, 1.54) is 16.3 Å². The predicted octanol–water partition coefficient (Wildman–Crippen LogP) is 5.33. The van der Waals surface area contributed by atoms with Gasteiger partial charge in [-0.25, -0.2) is 0 Å². The number of aliphatic hydroxyl groups excluding tert-OH is 1. The van der Waals surface area contributed by atoms with E-state index in [4.69, 9.17) is 21.1 Å². The molecule has 0 radical (unpaired) electrons. The molecule has 3 atom stereocenters. The SMILES string of the molecule is C[C@@H]1C[C@H](O)C[C@@]2(OCc3cc(Cl)c(Cc4ccc5ccccc5c4)cc32)O1. The van der Waals surface area contributed by atoms with Crippen LogP contribution in [0.3, 0.4) is 0 Å². The van der Waals surface area contributed by atoms with Crippen LogP contribution in [0.25, 0.3) is 10.8 Å². The van der Waals surface area contributed by atoms with E-state index in [-0.39, 0.29) is 6.10 Å². The Hall–Kier alpha value is -1.91. The number of fused-ring (bicyclic) bond motifs is 3. The Morgan fingerprint density at radius 3 is 2.75 bits per heavy atom. The van der Waals surface area contributed by atoms with Crippen LogP contribution >= 0.6 is 11.6 Å². The molecule has 0 unspecified atom stereocenters. The van der Waals surface area contributed by atoms with E-state index in [1.54, 1.807) is 0 Å². The molecule has 0 saturated carbocycles. The number of aliphatic hydroxyl groups is 1. The van der Waals surface area contributed by atoms with Crippen molar-refractivity contribution in [2.45, 2.75) is 50.8 Å². The lowest BCUT2D eigenvalue weighted by Gasteiger charge is -2.39. The summed E-state index contributed by atoms with van der Waals surface area (Å²) in [5.41, 5.74) is 4.33. The quantitative estimate of drug-likeness (QED) is 0.638. The van der Waals surface area contributed by atoms with Gasteiger partial charge in [-0.1, -0.05) is 54.1 Å². The fraction of sp³-hybridized carbons (Fsp3) is 0.333. The Kier molecular flexibility index (Phi) is 4.44. The summed E-state index contributed by atoms with van der Waals surface area (Å²) in [5, 5.41) is 13.5. The van der Waals surface area contributed by atoms with E-state index >= 15 is 0 Å². The van der Waals surface area contributed by atoms with Crippen molar-refractivity contribution in [2.75, 3.05) is 0 Å². The predicted molar refractivity (Wildman–Crippen MR) is 110 cm³/mol. The van der Waals surface area contributed by atoms with E-state index in [9.17, 15) is 5.11 Å². The summed E-state index contributed by atoms with van der Waals surface area (Å²) in [6, 6.07) is 19.0. The first-order valence-corrected chi connectivity index (χ1v) is 10.2. The van der Waals surface area contributed by atoms with Crippen LogP contribution < -0.4 is 0 Å². The number of hydrogen-bond acceptors (Lipinski definition) is 3. The molecule has 4 heteroatoms. The molecule has 3 aromatic carbocycles. The molecule has 3 aromatic rings. The maximum absolute atomic E-state index is 10.3. The van der Waals surface area contributed by atoms with Crippen molar-refractivity contribution in [3.05, 3.63) is 81.9 Å². The van der Waals surface area contributed by atoms with E-state index < -0.39 is 11.9 Å². The first-order valence-electron chi connectivity index (χ1n) is 9.82. The Labute approximate surface area is 169 Å². The lowest BCUT2D eigenvalue weighted by Crippen LogP contribution is -2.43. The monoisotopic (exact) mass is 394 g/mol. The van der Waals surface area contributed by atoms with Gasteiger partial charge in [0.05, 0.1) is 18.8 Å². The van der Waals surface area contributed by atoms with Crippen molar-refractivity contribution < 1.29 is 14.6 Å². The van der Waals surface area contributed by atoms with Crippen molar-refractivity contribution in [2.24, 2.45) is 0 Å². The number of hydrogen-bond donors (Lipinski definition) is 1. The molecule has 1 N–H and O–H groups in total. The third-order valence-corrected chi connectivity index (χ3v) is 6.20. The topological polar surface area (TPSA) is 38.7 Å². The molecular weight excluding hydrogens is 372 g/mol. The Balaban J connectivity index is 1.52. The molecule has 0 amide bonds. The summed E-state index contributed by atoms with van der Waals surface area (Å²) < 4.78 is 12.3. The second-order valence-electron chi connectivity index (χ2n) is 8.02. The summed E-state index contributed by atoms with van der Waals surface area (Å²) in [7, 11) is 0. The highest BCUT2D eigenvalue weighted by Gasteiger charge is 2.47. The summed E-state index contributed by atoms with van der Waals surface area (Å²) in [6.45, 7) is 2.45. The van der Waals surface area contributed by atoms with E-state index in [1.807, 2.05) is 13.0 Å². The lowest BCUT2D eigenvalue weighted by atomic mass is 9.90. The average Bonchev–Trinajstić information content (AvgIpc) is 2.97. The molecule has 5 rings (SSSR count). The van der Waals surface area contributed by atoms with E-state index in [0.717, 1.165) is 28.1 Å². The Morgan fingerprint density at radius 1 is 1.11 bits per heavy atom. The van der Waals surface area contributed by atoms with Gasteiger partial charge in [-0.2, -0.15) is 0 Å². The molecule has 2 heterocycles. The van der Waals surface area contributed by atoms with E-state index in [2.05, 4.69) is 48.5 Å². The fourth-order valence-electron chi connectivity index (χ4n) is 4.57. The minimum atomic E-state index is -0.852. The maximum Gasteiger partial charge on any atom is 0.198 e. The molecule has 2 aliphatic rings. The molecule has 0 bridgehead atoms. The Bertz CT molecular complexity index is 1040. The van der Waals surface area contributed by atoms with Crippen molar-refractivity contribution in [1.82, 2.24) is 0 Å². The summed E-state index contributed by atoms with van der Waals surface area (Å²) in [6.07, 6.45) is 1.37. The number of halogens is 1. The number of ether oxygens (including phenoxy) is 2. The second-order valence-corrected chi connectivity index (χ2v) is 8.43. The average molecular weight is 395 g/mol. The van der Waals surface area contributed by atoms with Gasteiger partial charge in [0.15, 0.2) is 5.79 Å². The highest BCUT2D eigenvalue weighted by atomic mass is 35.5. The zero-order valence-electron chi connectivity index (χ0n) is 15.8. The van der Waals surface area contributed by atoms with Crippen LogP contribution in [0.15, 0.2) is 54.6 Å². The third kappa shape index (κ3) is 3.13. The van der Waals surface area contributed by atoms with E-state index in [0.29, 0.717) is 19.4 Å². The minimum Gasteiger partial charge on any atom is -0.393 e. The van der Waals surface area contributed by atoms with Gasteiger partial charge >= 0.3 is 0 Å². The van der Waals surface area contributed by atoms with Gasteiger partial charge in [0.25, 0.3) is 0 Å². The van der Waals surface area contributed by atoms with Gasteiger partial charge in [-0.3, -0.25) is 0 Å². The van der Waals surface area contributed by atoms with Crippen molar-refractivity contribution in [3.8, 4) is 0 Å². The molecule has 2 aliphatic heterocycles. The van der Waals surface area contributed by atoms with Gasteiger partial charge in [-0.05, 0) is 59.4 Å². The Morgan fingerprint density at radius 2 is 1.93 bits per heavy atom. The molecular formula is C24H23ClO3. The second kappa shape index (κ2) is 6.85. The summed E-state index contributed by atoms with van der Waals surface area (Å²) in [5.74, 6) is -0.852. The third-order valence-electron chi connectivity index (χ3n) is 5.85. The van der Waals surface area contributed by atoms with Crippen LogP contribution in [-0.2, 0) is 28.3 Å². The minimum absolute atomic E-state index is 0.0469. The standard InChI is InChI=1S/C24H23ClO3/c1-15-8-21(26)13-24(28-15)22-11-19(23(25)12-20(22)14-27-24)10-16-6-7-17-4-2-3-5-18(17)9-16/h2-7,9,11-12,15,21,26H,8,10,13-14H2,1H3/t15-,21+,24-/m1/s1. The number of benzene rings is 3.